The molecule has 2 N–H and O–H groups in total. The number of rotatable bonds is 3. The van der Waals surface area contributed by atoms with Gasteiger partial charge in [0.1, 0.15) is 0 Å². The SMILES string of the molecule is C#CCn1c(=NC(=O)c2cc(C)cc(C)c2)sc2cc(S(N)(=O)=O)ccc21. The highest BCUT2D eigenvalue weighted by molar-refractivity contribution is 7.89. The Balaban J connectivity index is 2.20. The maximum atomic E-state index is 12.6. The lowest BCUT2D eigenvalue weighted by Crippen LogP contribution is -2.16. The molecule has 1 heterocycles. The number of hydrogen-bond donors (Lipinski definition) is 1. The van der Waals surface area contributed by atoms with E-state index >= 15 is 0 Å². The van der Waals surface area contributed by atoms with Gasteiger partial charge in [-0.25, -0.2) is 13.6 Å². The fourth-order valence-corrected chi connectivity index (χ4v) is 4.49. The van der Waals surface area contributed by atoms with E-state index in [9.17, 15) is 13.2 Å². The smallest absolute Gasteiger partial charge is 0.279 e. The van der Waals surface area contributed by atoms with Gasteiger partial charge in [0.25, 0.3) is 5.91 Å². The molecule has 27 heavy (non-hydrogen) atoms. The largest absolute Gasteiger partial charge is 0.305 e. The first-order valence-corrected chi connectivity index (χ1v) is 10.3. The zero-order valence-corrected chi connectivity index (χ0v) is 16.4. The number of nitrogens with two attached hydrogens (primary N) is 1. The summed E-state index contributed by atoms with van der Waals surface area (Å²) in [6.45, 7) is 4.03. The van der Waals surface area contributed by atoms with Crippen LogP contribution in [0.3, 0.4) is 0 Å². The van der Waals surface area contributed by atoms with Crippen molar-refractivity contribution in [1.82, 2.24) is 4.57 Å². The second kappa shape index (κ2) is 7.12. The highest BCUT2D eigenvalue weighted by atomic mass is 32.2. The number of nitrogens with zero attached hydrogens (tertiary/aromatic N) is 2. The van der Waals surface area contributed by atoms with Crippen LogP contribution in [0.4, 0.5) is 0 Å². The molecule has 0 aliphatic carbocycles. The first kappa shape index (κ1) is 19.0. The van der Waals surface area contributed by atoms with Gasteiger partial charge >= 0.3 is 0 Å². The maximum absolute atomic E-state index is 12.6. The molecule has 8 heteroatoms. The fourth-order valence-electron chi connectivity index (χ4n) is 2.81. The summed E-state index contributed by atoms with van der Waals surface area (Å²) in [6.07, 6.45) is 5.45. The van der Waals surface area contributed by atoms with Gasteiger partial charge in [0.15, 0.2) is 4.80 Å². The number of sulfonamides is 1. The van der Waals surface area contributed by atoms with Gasteiger partial charge in [0.2, 0.25) is 10.0 Å². The molecule has 1 aromatic heterocycles. The number of fused-ring (bicyclic) bond motifs is 1. The van der Waals surface area contributed by atoms with E-state index in [1.54, 1.807) is 22.8 Å². The topological polar surface area (TPSA) is 94.5 Å². The van der Waals surface area contributed by atoms with Crippen molar-refractivity contribution in [3.63, 3.8) is 0 Å². The van der Waals surface area contributed by atoms with Gasteiger partial charge in [-0.15, -0.1) is 6.42 Å². The van der Waals surface area contributed by atoms with E-state index in [1.165, 1.54) is 23.5 Å². The summed E-state index contributed by atoms with van der Waals surface area (Å²) in [7, 11) is -3.83. The first-order valence-electron chi connectivity index (χ1n) is 7.96. The van der Waals surface area contributed by atoms with Crippen LogP contribution in [0.2, 0.25) is 0 Å². The number of carbonyl (C=O) groups excluding carboxylic acids is 1. The summed E-state index contributed by atoms with van der Waals surface area (Å²) >= 11 is 1.19. The Labute approximate surface area is 161 Å². The fraction of sp³-hybridized carbons (Fsp3) is 0.158. The van der Waals surface area contributed by atoms with E-state index in [2.05, 4.69) is 10.9 Å². The van der Waals surface area contributed by atoms with Crippen LogP contribution in [-0.2, 0) is 16.6 Å². The predicted octanol–water partition coefficient (Wildman–Crippen LogP) is 2.34. The Morgan fingerprint density at radius 3 is 2.48 bits per heavy atom. The molecule has 0 saturated heterocycles. The quantitative estimate of drug-likeness (QED) is 0.685. The maximum Gasteiger partial charge on any atom is 0.279 e. The summed E-state index contributed by atoms with van der Waals surface area (Å²) in [6, 6.07) is 10.0. The lowest BCUT2D eigenvalue weighted by molar-refractivity contribution is 0.0997. The second-order valence-electron chi connectivity index (χ2n) is 6.14. The number of terminal acetylenes is 1. The Morgan fingerprint density at radius 1 is 1.22 bits per heavy atom. The predicted molar refractivity (Wildman–Crippen MR) is 106 cm³/mol. The molecular formula is C19H17N3O3S2. The average Bonchev–Trinajstić information content (AvgIpc) is 2.90. The van der Waals surface area contributed by atoms with Crippen molar-refractivity contribution in [2.75, 3.05) is 0 Å². The lowest BCUT2D eigenvalue weighted by Gasteiger charge is -2.02. The van der Waals surface area contributed by atoms with Gasteiger partial charge in [-0.2, -0.15) is 4.99 Å². The van der Waals surface area contributed by atoms with Gasteiger partial charge in [-0.3, -0.25) is 4.79 Å². The summed E-state index contributed by atoms with van der Waals surface area (Å²) in [4.78, 5) is 17.3. The van der Waals surface area contributed by atoms with Crippen molar-refractivity contribution in [1.29, 1.82) is 0 Å². The molecule has 3 rings (SSSR count). The van der Waals surface area contributed by atoms with Crippen LogP contribution in [0.1, 0.15) is 21.5 Å². The number of aromatic nitrogens is 1. The van der Waals surface area contributed by atoms with E-state index in [0.29, 0.717) is 20.6 Å². The number of thiazole rings is 1. The van der Waals surface area contributed by atoms with Crippen molar-refractivity contribution < 1.29 is 13.2 Å². The molecule has 6 nitrogen and oxygen atoms in total. The van der Waals surface area contributed by atoms with Crippen molar-refractivity contribution in [3.8, 4) is 12.3 Å². The number of carbonyl (C=O) groups is 1. The summed E-state index contributed by atoms with van der Waals surface area (Å²) in [5.41, 5.74) is 3.12. The first-order chi connectivity index (χ1) is 12.7. The number of hydrogen-bond acceptors (Lipinski definition) is 4. The van der Waals surface area contributed by atoms with E-state index in [-0.39, 0.29) is 17.3 Å². The third-order valence-corrected chi connectivity index (χ3v) is 5.85. The molecule has 2 aromatic carbocycles. The average molecular weight is 399 g/mol. The van der Waals surface area contributed by atoms with E-state index in [4.69, 9.17) is 11.6 Å². The van der Waals surface area contributed by atoms with Gasteiger partial charge in [-0.05, 0) is 44.2 Å². The number of benzene rings is 2. The molecule has 0 aliphatic rings. The molecule has 0 spiro atoms. The van der Waals surface area contributed by atoms with Crippen LogP contribution in [-0.4, -0.2) is 18.9 Å². The van der Waals surface area contributed by atoms with Crippen molar-refractivity contribution in [3.05, 3.63) is 57.9 Å². The number of primary sulfonamides is 1. The van der Waals surface area contributed by atoms with Gasteiger partial charge in [0.05, 0.1) is 21.7 Å². The minimum atomic E-state index is -3.83. The molecular weight excluding hydrogens is 382 g/mol. The van der Waals surface area contributed by atoms with Crippen molar-refractivity contribution in [2.24, 2.45) is 10.1 Å². The molecule has 0 saturated carbocycles. The Bertz CT molecular complexity index is 1260. The van der Waals surface area contributed by atoms with E-state index in [0.717, 1.165) is 11.1 Å². The standard InChI is InChI=1S/C19H17N3O3S2/c1-4-7-22-16-6-5-15(27(20,24)25)11-17(16)26-19(22)21-18(23)14-9-12(2)8-13(3)10-14/h1,5-6,8-11H,7H2,2-3H3,(H2,20,24,25). The van der Waals surface area contributed by atoms with Crippen LogP contribution < -0.4 is 9.94 Å². The van der Waals surface area contributed by atoms with Crippen LogP contribution in [0.15, 0.2) is 46.3 Å². The third kappa shape index (κ3) is 4.01. The lowest BCUT2D eigenvalue weighted by atomic mass is 10.1. The highest BCUT2D eigenvalue weighted by Gasteiger charge is 2.13. The van der Waals surface area contributed by atoms with Crippen molar-refractivity contribution >= 4 is 37.5 Å². The zero-order valence-electron chi connectivity index (χ0n) is 14.8. The van der Waals surface area contributed by atoms with Crippen LogP contribution in [0.5, 0.6) is 0 Å². The normalized spacial score (nSPS) is 12.3. The minimum Gasteiger partial charge on any atom is -0.305 e. The molecule has 0 bridgehead atoms. The highest BCUT2D eigenvalue weighted by Crippen LogP contribution is 2.21. The number of amides is 1. The third-order valence-electron chi connectivity index (χ3n) is 3.90. The molecule has 3 aromatic rings. The van der Waals surface area contributed by atoms with E-state index in [1.807, 2.05) is 19.9 Å². The van der Waals surface area contributed by atoms with Crippen LogP contribution in [0, 0.1) is 26.2 Å². The summed E-state index contributed by atoms with van der Waals surface area (Å²) < 4.78 is 25.5. The number of aryl methyl sites for hydroxylation is 2. The minimum absolute atomic E-state index is 0.00343. The van der Waals surface area contributed by atoms with Gasteiger partial charge in [0, 0.05) is 5.56 Å². The molecule has 138 valence electrons. The monoisotopic (exact) mass is 399 g/mol. The molecule has 0 fully saturated rings. The second-order valence-corrected chi connectivity index (χ2v) is 8.71. The molecule has 0 unspecified atom stereocenters. The Morgan fingerprint density at radius 2 is 1.89 bits per heavy atom. The summed E-state index contributed by atoms with van der Waals surface area (Å²) in [5.74, 6) is 2.15. The van der Waals surface area contributed by atoms with Crippen LogP contribution in [0.25, 0.3) is 10.2 Å². The molecule has 0 radical (unpaired) electrons. The zero-order chi connectivity index (χ0) is 19.8. The Hall–Kier alpha value is -2.73. The summed E-state index contributed by atoms with van der Waals surface area (Å²) in [5, 5.41) is 5.20. The molecule has 0 atom stereocenters. The van der Waals surface area contributed by atoms with Gasteiger partial charge in [-0.1, -0.05) is 34.5 Å². The van der Waals surface area contributed by atoms with E-state index < -0.39 is 10.0 Å². The van der Waals surface area contributed by atoms with Gasteiger partial charge < -0.3 is 4.57 Å². The Kier molecular flexibility index (Phi) is 5.02. The molecule has 1 amide bonds. The molecule has 0 aliphatic heterocycles. The van der Waals surface area contributed by atoms with Crippen molar-refractivity contribution in [2.45, 2.75) is 25.3 Å². The van der Waals surface area contributed by atoms with Crippen LogP contribution >= 0.6 is 11.3 Å².